The average molecular weight is 334 g/mol. The second-order valence-electron chi connectivity index (χ2n) is 6.21. The van der Waals surface area contributed by atoms with E-state index in [-0.39, 0.29) is 11.8 Å². The molecule has 0 spiro atoms. The molecule has 23 heavy (non-hydrogen) atoms. The minimum absolute atomic E-state index is 0.218. The Morgan fingerprint density at radius 1 is 1.13 bits per heavy atom. The lowest BCUT2D eigenvalue weighted by Crippen LogP contribution is -2.49. The maximum Gasteiger partial charge on any atom is 0.164 e. The first kappa shape index (κ1) is 17.0. The van der Waals surface area contributed by atoms with Gasteiger partial charge in [-0.3, -0.25) is 9.69 Å². The van der Waals surface area contributed by atoms with Crippen molar-refractivity contribution in [2.24, 2.45) is 0 Å². The van der Waals surface area contributed by atoms with Gasteiger partial charge in [-0.15, -0.1) is 0 Å². The molecule has 2 aliphatic heterocycles. The van der Waals surface area contributed by atoms with Crippen molar-refractivity contribution in [1.29, 1.82) is 0 Å². The summed E-state index contributed by atoms with van der Waals surface area (Å²) in [6.45, 7) is 6.94. The number of Topliss-reactive ketones (excluding diaryl/α,β-unsaturated/α-hetero) is 1. The molecule has 126 valence electrons. The summed E-state index contributed by atoms with van der Waals surface area (Å²) in [5.41, 5.74) is 0.811. The summed E-state index contributed by atoms with van der Waals surface area (Å²) in [5.74, 6) is 2.72. The molecular formula is C18H26N2O2S. The summed E-state index contributed by atoms with van der Waals surface area (Å²) >= 11 is 2.05. The third-order valence-corrected chi connectivity index (χ3v) is 5.62. The predicted molar refractivity (Wildman–Crippen MR) is 95.3 cm³/mol. The molecule has 0 aromatic heterocycles. The Kier molecular flexibility index (Phi) is 6.51. The van der Waals surface area contributed by atoms with E-state index in [2.05, 4.69) is 9.80 Å². The summed E-state index contributed by atoms with van der Waals surface area (Å²) in [5, 5.41) is 0. The molecule has 0 unspecified atom stereocenters. The maximum atomic E-state index is 12.5. The highest BCUT2D eigenvalue weighted by Crippen LogP contribution is 2.15. The van der Waals surface area contributed by atoms with Gasteiger partial charge in [0.05, 0.1) is 13.2 Å². The van der Waals surface area contributed by atoms with Crippen molar-refractivity contribution in [2.75, 3.05) is 57.4 Å². The molecule has 5 heteroatoms. The number of hydrogen-bond acceptors (Lipinski definition) is 5. The zero-order chi connectivity index (χ0) is 15.9. The van der Waals surface area contributed by atoms with Crippen LogP contribution in [0.3, 0.4) is 0 Å². The van der Waals surface area contributed by atoms with Crippen LogP contribution in [0.25, 0.3) is 0 Å². The SMILES string of the molecule is O=C(C[C@H]1COCCN1CCN1CCSCC1)c1ccccc1. The highest BCUT2D eigenvalue weighted by Gasteiger charge is 2.26. The Hall–Kier alpha value is -0.880. The zero-order valence-electron chi connectivity index (χ0n) is 13.7. The molecule has 1 aromatic rings. The van der Waals surface area contributed by atoms with E-state index in [4.69, 9.17) is 4.74 Å². The van der Waals surface area contributed by atoms with Gasteiger partial charge in [-0.25, -0.2) is 0 Å². The quantitative estimate of drug-likeness (QED) is 0.743. The highest BCUT2D eigenvalue weighted by atomic mass is 32.2. The van der Waals surface area contributed by atoms with Crippen LogP contribution in [0.5, 0.6) is 0 Å². The summed E-state index contributed by atoms with van der Waals surface area (Å²) in [4.78, 5) is 17.5. The minimum Gasteiger partial charge on any atom is -0.378 e. The third kappa shape index (κ3) is 5.05. The van der Waals surface area contributed by atoms with E-state index in [9.17, 15) is 4.79 Å². The Balaban J connectivity index is 1.52. The maximum absolute atomic E-state index is 12.5. The first-order valence-electron chi connectivity index (χ1n) is 8.53. The van der Waals surface area contributed by atoms with E-state index in [0.29, 0.717) is 13.0 Å². The number of ketones is 1. The van der Waals surface area contributed by atoms with E-state index in [1.165, 1.54) is 24.6 Å². The summed E-state index contributed by atoms with van der Waals surface area (Å²) in [6, 6.07) is 9.83. The molecule has 2 aliphatic rings. The fourth-order valence-electron chi connectivity index (χ4n) is 3.22. The fourth-order valence-corrected chi connectivity index (χ4v) is 4.20. The Bertz CT molecular complexity index is 491. The molecule has 1 aromatic carbocycles. The van der Waals surface area contributed by atoms with E-state index < -0.39 is 0 Å². The second kappa shape index (κ2) is 8.83. The number of thioether (sulfide) groups is 1. The van der Waals surface area contributed by atoms with Gasteiger partial charge in [0.1, 0.15) is 0 Å². The molecule has 2 fully saturated rings. The van der Waals surface area contributed by atoms with Gasteiger partial charge in [0.2, 0.25) is 0 Å². The van der Waals surface area contributed by atoms with Crippen LogP contribution in [0.2, 0.25) is 0 Å². The van der Waals surface area contributed by atoms with E-state index >= 15 is 0 Å². The Labute approximate surface area is 143 Å². The minimum atomic E-state index is 0.218. The number of rotatable bonds is 6. The van der Waals surface area contributed by atoms with Crippen LogP contribution in [-0.4, -0.2) is 79.1 Å². The lowest BCUT2D eigenvalue weighted by Gasteiger charge is -2.37. The van der Waals surface area contributed by atoms with Gasteiger partial charge < -0.3 is 9.64 Å². The van der Waals surface area contributed by atoms with Crippen molar-refractivity contribution >= 4 is 17.5 Å². The Morgan fingerprint density at radius 3 is 2.70 bits per heavy atom. The number of nitrogens with zero attached hydrogens (tertiary/aromatic N) is 2. The van der Waals surface area contributed by atoms with Gasteiger partial charge in [-0.2, -0.15) is 11.8 Å². The Morgan fingerprint density at radius 2 is 1.91 bits per heavy atom. The van der Waals surface area contributed by atoms with Gasteiger partial charge >= 0.3 is 0 Å². The number of ether oxygens (including phenoxy) is 1. The number of morpholine rings is 1. The molecule has 2 heterocycles. The lowest BCUT2D eigenvalue weighted by molar-refractivity contribution is -0.0116. The first-order chi connectivity index (χ1) is 11.3. The standard InChI is InChI=1S/C18H26N2O2S/c21-18(16-4-2-1-3-5-16)14-17-15-22-11-8-20(17)7-6-19-9-12-23-13-10-19/h1-5,17H,6-15H2/t17-/m0/s1. The first-order valence-corrected chi connectivity index (χ1v) is 9.68. The molecule has 0 saturated carbocycles. The highest BCUT2D eigenvalue weighted by molar-refractivity contribution is 7.99. The number of hydrogen-bond donors (Lipinski definition) is 0. The van der Waals surface area contributed by atoms with E-state index in [1.807, 2.05) is 42.1 Å². The van der Waals surface area contributed by atoms with Crippen LogP contribution in [0.1, 0.15) is 16.8 Å². The summed E-state index contributed by atoms with van der Waals surface area (Å²) in [6.07, 6.45) is 0.555. The second-order valence-corrected chi connectivity index (χ2v) is 7.44. The number of carbonyl (C=O) groups excluding carboxylic acids is 1. The third-order valence-electron chi connectivity index (χ3n) is 4.67. The fraction of sp³-hybridized carbons (Fsp3) is 0.611. The lowest BCUT2D eigenvalue weighted by atomic mass is 10.0. The van der Waals surface area contributed by atoms with Crippen LogP contribution in [0, 0.1) is 0 Å². The van der Waals surface area contributed by atoms with Crippen molar-refractivity contribution in [2.45, 2.75) is 12.5 Å². The molecular weight excluding hydrogens is 308 g/mol. The molecule has 0 radical (unpaired) electrons. The van der Waals surface area contributed by atoms with E-state index in [0.717, 1.165) is 31.8 Å². The molecule has 0 bridgehead atoms. The zero-order valence-corrected chi connectivity index (χ0v) is 14.5. The molecule has 4 nitrogen and oxygen atoms in total. The van der Waals surface area contributed by atoms with Crippen LogP contribution in [0.4, 0.5) is 0 Å². The van der Waals surface area contributed by atoms with Crippen molar-refractivity contribution in [3.05, 3.63) is 35.9 Å². The van der Waals surface area contributed by atoms with Gasteiger partial charge in [-0.05, 0) is 0 Å². The summed E-state index contributed by atoms with van der Waals surface area (Å²) < 4.78 is 5.63. The van der Waals surface area contributed by atoms with E-state index in [1.54, 1.807) is 0 Å². The molecule has 0 N–H and O–H groups in total. The van der Waals surface area contributed by atoms with Crippen molar-refractivity contribution in [3.63, 3.8) is 0 Å². The molecule has 2 saturated heterocycles. The van der Waals surface area contributed by atoms with Gasteiger partial charge in [-0.1, -0.05) is 30.3 Å². The van der Waals surface area contributed by atoms with Crippen LogP contribution < -0.4 is 0 Å². The van der Waals surface area contributed by atoms with Crippen molar-refractivity contribution in [1.82, 2.24) is 9.80 Å². The normalized spacial score (nSPS) is 23.7. The smallest absolute Gasteiger partial charge is 0.164 e. The van der Waals surface area contributed by atoms with Crippen LogP contribution in [0.15, 0.2) is 30.3 Å². The molecule has 1 atom stereocenters. The van der Waals surface area contributed by atoms with Crippen molar-refractivity contribution < 1.29 is 9.53 Å². The summed E-state index contributed by atoms with van der Waals surface area (Å²) in [7, 11) is 0. The average Bonchev–Trinajstić information content (AvgIpc) is 2.62. The van der Waals surface area contributed by atoms with Crippen LogP contribution >= 0.6 is 11.8 Å². The molecule has 0 amide bonds. The molecule has 3 rings (SSSR count). The van der Waals surface area contributed by atoms with Gasteiger partial charge in [0.25, 0.3) is 0 Å². The van der Waals surface area contributed by atoms with Crippen molar-refractivity contribution in [3.8, 4) is 0 Å². The predicted octanol–water partition coefficient (Wildman–Crippen LogP) is 2.01. The largest absolute Gasteiger partial charge is 0.378 e. The number of carbonyl (C=O) groups is 1. The van der Waals surface area contributed by atoms with Gasteiger partial charge in [0, 0.05) is 62.3 Å². The topological polar surface area (TPSA) is 32.8 Å². The number of benzene rings is 1. The van der Waals surface area contributed by atoms with Gasteiger partial charge in [0.15, 0.2) is 5.78 Å². The molecule has 0 aliphatic carbocycles. The monoisotopic (exact) mass is 334 g/mol. The van der Waals surface area contributed by atoms with Crippen LogP contribution in [-0.2, 0) is 4.74 Å².